The molecule has 1 amide bonds. The maximum atomic E-state index is 12.2. The molecule has 0 unspecified atom stereocenters. The number of fused-ring (bicyclic) bond motifs is 1. The number of hydrogen-bond acceptors (Lipinski definition) is 4. The zero-order valence-electron chi connectivity index (χ0n) is 10.1. The predicted molar refractivity (Wildman–Crippen MR) is 79.6 cm³/mol. The molecule has 19 heavy (non-hydrogen) atoms. The lowest BCUT2D eigenvalue weighted by Crippen LogP contribution is -2.22. The van der Waals surface area contributed by atoms with Gasteiger partial charge >= 0.3 is 0 Å². The number of carbonyl (C=O) groups excluding carboxylic acids is 1. The first-order valence-electron chi connectivity index (χ1n) is 5.99. The third-order valence-electron chi connectivity index (χ3n) is 2.94. The fourth-order valence-electron chi connectivity index (χ4n) is 1.99. The molecular formula is C13H12BrN3OS. The SMILES string of the molecule is O=C(Nc1nc2c(s1)CNCC2)c1ccccc1Br. The van der Waals surface area contributed by atoms with E-state index in [4.69, 9.17) is 0 Å². The van der Waals surface area contributed by atoms with E-state index in [0.29, 0.717) is 10.7 Å². The lowest BCUT2D eigenvalue weighted by Gasteiger charge is -2.09. The van der Waals surface area contributed by atoms with Gasteiger partial charge in [0.25, 0.3) is 5.91 Å². The maximum absolute atomic E-state index is 12.2. The van der Waals surface area contributed by atoms with Crippen molar-refractivity contribution in [3.63, 3.8) is 0 Å². The first-order chi connectivity index (χ1) is 9.24. The van der Waals surface area contributed by atoms with Crippen LogP contribution in [0.25, 0.3) is 0 Å². The number of halogens is 1. The first-order valence-corrected chi connectivity index (χ1v) is 7.60. The average Bonchev–Trinajstić information content (AvgIpc) is 2.81. The molecule has 2 heterocycles. The highest BCUT2D eigenvalue weighted by Gasteiger charge is 2.17. The summed E-state index contributed by atoms with van der Waals surface area (Å²) in [5, 5.41) is 6.84. The van der Waals surface area contributed by atoms with Crippen LogP contribution in [-0.4, -0.2) is 17.4 Å². The third kappa shape index (κ3) is 2.70. The molecule has 1 aromatic carbocycles. The monoisotopic (exact) mass is 337 g/mol. The van der Waals surface area contributed by atoms with Gasteiger partial charge in [0.15, 0.2) is 5.13 Å². The minimum absolute atomic E-state index is 0.133. The number of rotatable bonds is 2. The number of hydrogen-bond donors (Lipinski definition) is 2. The Morgan fingerprint density at radius 2 is 2.26 bits per heavy atom. The van der Waals surface area contributed by atoms with Crippen molar-refractivity contribution in [3.8, 4) is 0 Å². The standard InChI is InChI=1S/C13H12BrN3OS/c14-9-4-2-1-3-8(9)12(18)17-13-16-10-5-6-15-7-11(10)19-13/h1-4,15H,5-7H2,(H,16,17,18). The number of aromatic nitrogens is 1. The summed E-state index contributed by atoms with van der Waals surface area (Å²) in [6.07, 6.45) is 0.927. The molecule has 0 fully saturated rings. The van der Waals surface area contributed by atoms with E-state index < -0.39 is 0 Å². The summed E-state index contributed by atoms with van der Waals surface area (Å²) >= 11 is 4.92. The van der Waals surface area contributed by atoms with E-state index in [0.717, 1.165) is 29.7 Å². The van der Waals surface area contributed by atoms with Crippen LogP contribution >= 0.6 is 27.3 Å². The second-order valence-electron chi connectivity index (χ2n) is 4.25. The van der Waals surface area contributed by atoms with Crippen molar-refractivity contribution in [2.24, 2.45) is 0 Å². The Bertz CT molecular complexity index is 603. The number of anilines is 1. The van der Waals surface area contributed by atoms with Gasteiger partial charge in [0, 0.05) is 28.9 Å². The molecule has 0 bridgehead atoms. The fraction of sp³-hybridized carbons (Fsp3) is 0.231. The molecule has 0 atom stereocenters. The van der Waals surface area contributed by atoms with Crippen LogP contribution in [0.3, 0.4) is 0 Å². The highest BCUT2D eigenvalue weighted by Crippen LogP contribution is 2.26. The number of benzene rings is 1. The number of thiazole rings is 1. The molecule has 1 aliphatic heterocycles. The summed E-state index contributed by atoms with van der Waals surface area (Å²) in [7, 11) is 0. The zero-order valence-corrected chi connectivity index (χ0v) is 12.5. The van der Waals surface area contributed by atoms with Gasteiger partial charge in [-0.25, -0.2) is 4.98 Å². The Balaban J connectivity index is 1.80. The van der Waals surface area contributed by atoms with Crippen LogP contribution in [0.15, 0.2) is 28.7 Å². The average molecular weight is 338 g/mol. The van der Waals surface area contributed by atoms with Crippen molar-refractivity contribution < 1.29 is 4.79 Å². The van der Waals surface area contributed by atoms with E-state index in [1.165, 1.54) is 4.88 Å². The van der Waals surface area contributed by atoms with Gasteiger partial charge in [-0.3, -0.25) is 10.1 Å². The molecule has 0 saturated carbocycles. The van der Waals surface area contributed by atoms with Crippen molar-refractivity contribution >= 4 is 38.3 Å². The van der Waals surface area contributed by atoms with Gasteiger partial charge < -0.3 is 5.32 Å². The largest absolute Gasteiger partial charge is 0.311 e. The van der Waals surface area contributed by atoms with Gasteiger partial charge in [-0.15, -0.1) is 11.3 Å². The molecular weight excluding hydrogens is 326 g/mol. The van der Waals surface area contributed by atoms with E-state index in [2.05, 4.69) is 31.5 Å². The summed E-state index contributed by atoms with van der Waals surface area (Å²) in [5.41, 5.74) is 1.72. The molecule has 2 aromatic rings. The van der Waals surface area contributed by atoms with Crippen LogP contribution < -0.4 is 10.6 Å². The van der Waals surface area contributed by atoms with E-state index >= 15 is 0 Å². The Hall–Kier alpha value is -1.24. The quantitative estimate of drug-likeness (QED) is 0.885. The highest BCUT2D eigenvalue weighted by atomic mass is 79.9. The van der Waals surface area contributed by atoms with E-state index in [-0.39, 0.29) is 5.91 Å². The normalized spacial score (nSPS) is 13.9. The number of carbonyl (C=O) groups is 1. The first kappa shape index (κ1) is 12.8. The van der Waals surface area contributed by atoms with Crippen molar-refractivity contribution in [2.75, 3.05) is 11.9 Å². The van der Waals surface area contributed by atoms with Gasteiger partial charge in [-0.2, -0.15) is 0 Å². The predicted octanol–water partition coefficient (Wildman–Crippen LogP) is 2.80. The fourth-order valence-corrected chi connectivity index (χ4v) is 3.43. The molecule has 98 valence electrons. The lowest BCUT2D eigenvalue weighted by molar-refractivity contribution is 0.102. The number of nitrogens with zero attached hydrogens (tertiary/aromatic N) is 1. The van der Waals surface area contributed by atoms with Gasteiger partial charge in [0.2, 0.25) is 0 Å². The lowest BCUT2D eigenvalue weighted by atomic mass is 10.2. The van der Waals surface area contributed by atoms with E-state index in [1.54, 1.807) is 17.4 Å². The molecule has 0 radical (unpaired) electrons. The van der Waals surface area contributed by atoms with Gasteiger partial charge in [0.05, 0.1) is 11.3 Å². The Labute approximate surface area is 123 Å². The molecule has 0 saturated heterocycles. The molecule has 0 aliphatic carbocycles. The van der Waals surface area contributed by atoms with E-state index in [1.807, 2.05) is 18.2 Å². The molecule has 3 rings (SSSR count). The zero-order chi connectivity index (χ0) is 13.2. The van der Waals surface area contributed by atoms with Crippen LogP contribution in [0.2, 0.25) is 0 Å². The summed E-state index contributed by atoms with van der Waals surface area (Å²) in [5.74, 6) is -0.133. The van der Waals surface area contributed by atoms with Crippen LogP contribution in [0.1, 0.15) is 20.9 Å². The maximum Gasteiger partial charge on any atom is 0.258 e. The van der Waals surface area contributed by atoms with Crippen LogP contribution in [-0.2, 0) is 13.0 Å². The number of amides is 1. The topological polar surface area (TPSA) is 54.0 Å². The molecule has 4 nitrogen and oxygen atoms in total. The van der Waals surface area contributed by atoms with Crippen molar-refractivity contribution in [3.05, 3.63) is 44.9 Å². The third-order valence-corrected chi connectivity index (χ3v) is 4.65. The van der Waals surface area contributed by atoms with Crippen LogP contribution in [0.5, 0.6) is 0 Å². The Morgan fingerprint density at radius 1 is 1.42 bits per heavy atom. The molecule has 6 heteroatoms. The second kappa shape index (κ2) is 5.40. The molecule has 2 N–H and O–H groups in total. The summed E-state index contributed by atoms with van der Waals surface area (Å²) < 4.78 is 0.787. The van der Waals surface area contributed by atoms with Crippen LogP contribution in [0.4, 0.5) is 5.13 Å². The number of nitrogens with one attached hydrogen (secondary N) is 2. The summed E-state index contributed by atoms with van der Waals surface area (Å²) in [6.45, 7) is 1.80. The van der Waals surface area contributed by atoms with Gasteiger partial charge in [0.1, 0.15) is 0 Å². The van der Waals surface area contributed by atoms with Crippen molar-refractivity contribution in [1.82, 2.24) is 10.3 Å². The van der Waals surface area contributed by atoms with Crippen LogP contribution in [0, 0.1) is 0 Å². The van der Waals surface area contributed by atoms with E-state index in [9.17, 15) is 4.79 Å². The smallest absolute Gasteiger partial charge is 0.258 e. The molecule has 1 aliphatic rings. The summed E-state index contributed by atoms with van der Waals surface area (Å²) in [4.78, 5) is 17.9. The molecule has 0 spiro atoms. The minimum atomic E-state index is -0.133. The highest BCUT2D eigenvalue weighted by molar-refractivity contribution is 9.10. The Kier molecular flexibility index (Phi) is 3.63. The summed E-state index contributed by atoms with van der Waals surface area (Å²) in [6, 6.07) is 7.37. The Morgan fingerprint density at radius 3 is 3.05 bits per heavy atom. The van der Waals surface area contributed by atoms with Crippen molar-refractivity contribution in [2.45, 2.75) is 13.0 Å². The molecule has 1 aromatic heterocycles. The van der Waals surface area contributed by atoms with Crippen molar-refractivity contribution in [1.29, 1.82) is 0 Å². The van der Waals surface area contributed by atoms with Gasteiger partial charge in [-0.1, -0.05) is 12.1 Å². The van der Waals surface area contributed by atoms with Gasteiger partial charge in [-0.05, 0) is 28.1 Å². The second-order valence-corrected chi connectivity index (χ2v) is 6.19. The minimum Gasteiger partial charge on any atom is -0.311 e.